The van der Waals surface area contributed by atoms with Crippen LogP contribution in [0.1, 0.15) is 56.8 Å². The molecule has 0 bridgehead atoms. The lowest BCUT2D eigenvalue weighted by molar-refractivity contribution is -0.145. The Balaban J connectivity index is 1.58. The molecule has 1 unspecified atom stereocenters. The fourth-order valence-electron chi connectivity index (χ4n) is 3.53. The van der Waals surface area contributed by atoms with Crippen molar-refractivity contribution in [3.8, 4) is 0 Å². The van der Waals surface area contributed by atoms with Gasteiger partial charge >= 0.3 is 0 Å². The van der Waals surface area contributed by atoms with Crippen molar-refractivity contribution < 1.29 is 14.1 Å². The number of nitrogens with zero attached hydrogens (tertiary/aromatic N) is 3. The number of rotatable bonds is 3. The first-order valence-corrected chi connectivity index (χ1v) is 8.38. The summed E-state index contributed by atoms with van der Waals surface area (Å²) in [4.78, 5) is 18.9. The number of carbonyl (C=O) groups is 1. The molecule has 1 aromatic rings. The summed E-state index contributed by atoms with van der Waals surface area (Å²) >= 11 is 0. The molecule has 0 aromatic carbocycles. The van der Waals surface area contributed by atoms with Crippen molar-refractivity contribution in [2.24, 2.45) is 11.8 Å². The predicted octanol–water partition coefficient (Wildman–Crippen LogP) is 2.49. The van der Waals surface area contributed by atoms with E-state index in [0.29, 0.717) is 31.4 Å². The van der Waals surface area contributed by atoms with Gasteiger partial charge in [0.1, 0.15) is 6.10 Å². The summed E-state index contributed by atoms with van der Waals surface area (Å²) < 4.78 is 10.7. The molecule has 0 N–H and O–H groups in total. The molecule has 1 saturated heterocycles. The number of aromatic nitrogens is 2. The number of ether oxygens (including phenoxy) is 1. The Morgan fingerprint density at radius 1 is 1.32 bits per heavy atom. The van der Waals surface area contributed by atoms with Crippen LogP contribution in [-0.2, 0) is 9.53 Å². The molecule has 1 saturated carbocycles. The smallest absolute Gasteiger partial charge is 0.225 e. The fourth-order valence-corrected chi connectivity index (χ4v) is 3.53. The summed E-state index contributed by atoms with van der Waals surface area (Å²) in [5, 5.41) is 3.92. The van der Waals surface area contributed by atoms with Crippen molar-refractivity contribution in [2.75, 3.05) is 19.7 Å². The van der Waals surface area contributed by atoms with Crippen LogP contribution in [0.2, 0.25) is 0 Å². The third kappa shape index (κ3) is 3.32. The normalized spacial score (nSPS) is 29.5. The number of amides is 1. The monoisotopic (exact) mass is 307 g/mol. The van der Waals surface area contributed by atoms with E-state index in [4.69, 9.17) is 9.26 Å². The Labute approximate surface area is 131 Å². The fraction of sp³-hybridized carbons (Fsp3) is 0.812. The number of hydrogen-bond acceptors (Lipinski definition) is 5. The van der Waals surface area contributed by atoms with Gasteiger partial charge in [-0.1, -0.05) is 18.5 Å². The Morgan fingerprint density at radius 2 is 2.09 bits per heavy atom. The Morgan fingerprint density at radius 3 is 2.73 bits per heavy atom. The van der Waals surface area contributed by atoms with Gasteiger partial charge in [-0.3, -0.25) is 4.79 Å². The Bertz CT molecular complexity index is 508. The summed E-state index contributed by atoms with van der Waals surface area (Å²) in [6, 6.07) is 0. The molecule has 1 aromatic heterocycles. The van der Waals surface area contributed by atoms with E-state index in [1.807, 2.05) is 4.90 Å². The van der Waals surface area contributed by atoms with Crippen LogP contribution in [0.4, 0.5) is 0 Å². The largest absolute Gasteiger partial charge is 0.366 e. The lowest BCUT2D eigenvalue weighted by atomic mass is 9.80. The molecule has 0 radical (unpaired) electrons. The maximum Gasteiger partial charge on any atom is 0.225 e. The Hall–Kier alpha value is -1.43. The highest BCUT2D eigenvalue weighted by molar-refractivity contribution is 5.79. The summed E-state index contributed by atoms with van der Waals surface area (Å²) in [6.07, 6.45) is 5.40. The van der Waals surface area contributed by atoms with E-state index >= 15 is 0 Å². The van der Waals surface area contributed by atoms with Gasteiger partial charge in [-0.2, -0.15) is 4.98 Å². The maximum atomic E-state index is 12.7. The molecule has 1 aliphatic carbocycles. The van der Waals surface area contributed by atoms with Gasteiger partial charge < -0.3 is 14.2 Å². The van der Waals surface area contributed by atoms with Gasteiger partial charge in [0.15, 0.2) is 0 Å². The molecule has 0 spiro atoms. The minimum absolute atomic E-state index is 0.188. The number of aryl methyl sites for hydroxylation is 1. The summed E-state index contributed by atoms with van der Waals surface area (Å²) in [6.45, 7) is 5.74. The molecule has 6 heteroatoms. The Kier molecular flexibility index (Phi) is 4.76. The average molecular weight is 307 g/mol. The zero-order chi connectivity index (χ0) is 15.5. The zero-order valence-corrected chi connectivity index (χ0v) is 13.5. The van der Waals surface area contributed by atoms with Gasteiger partial charge in [-0.25, -0.2) is 0 Å². The number of morpholine rings is 1. The van der Waals surface area contributed by atoms with Crippen LogP contribution in [0.5, 0.6) is 0 Å². The van der Waals surface area contributed by atoms with Gasteiger partial charge in [-0.05, 0) is 31.6 Å². The molecule has 2 fully saturated rings. The third-order valence-corrected chi connectivity index (χ3v) is 4.98. The SMILES string of the molecule is CCC1CCC(C(=O)N2CCOC(c3noc(C)n3)C2)CC1. The third-order valence-electron chi connectivity index (χ3n) is 4.98. The van der Waals surface area contributed by atoms with Gasteiger partial charge in [0.25, 0.3) is 0 Å². The van der Waals surface area contributed by atoms with Gasteiger partial charge in [0, 0.05) is 19.4 Å². The van der Waals surface area contributed by atoms with Crippen molar-refractivity contribution in [2.45, 2.75) is 52.1 Å². The number of hydrogen-bond donors (Lipinski definition) is 0. The van der Waals surface area contributed by atoms with E-state index in [1.165, 1.54) is 19.3 Å². The first-order valence-electron chi connectivity index (χ1n) is 8.38. The van der Waals surface area contributed by atoms with Crippen molar-refractivity contribution in [1.82, 2.24) is 15.0 Å². The minimum Gasteiger partial charge on any atom is -0.366 e. The molecule has 1 aliphatic heterocycles. The zero-order valence-electron chi connectivity index (χ0n) is 13.5. The van der Waals surface area contributed by atoms with Crippen LogP contribution in [0.3, 0.4) is 0 Å². The maximum absolute atomic E-state index is 12.7. The molecule has 122 valence electrons. The highest BCUT2D eigenvalue weighted by atomic mass is 16.5. The van der Waals surface area contributed by atoms with E-state index in [0.717, 1.165) is 18.8 Å². The molecular formula is C16H25N3O3. The highest BCUT2D eigenvalue weighted by Gasteiger charge is 2.33. The molecule has 1 atom stereocenters. The first-order chi connectivity index (χ1) is 10.7. The van der Waals surface area contributed by atoms with Crippen LogP contribution in [0.15, 0.2) is 4.52 Å². The lowest BCUT2D eigenvalue weighted by Crippen LogP contribution is -2.45. The molecule has 2 heterocycles. The standard InChI is InChI=1S/C16H25N3O3/c1-3-12-4-6-13(7-5-12)16(20)19-8-9-21-14(10-19)15-17-11(2)22-18-15/h12-14H,3-10H2,1-2H3. The van der Waals surface area contributed by atoms with Crippen molar-refractivity contribution in [3.05, 3.63) is 11.7 Å². The lowest BCUT2D eigenvalue weighted by Gasteiger charge is -2.36. The first kappa shape index (κ1) is 15.5. The number of carbonyl (C=O) groups excluding carboxylic acids is 1. The highest BCUT2D eigenvalue weighted by Crippen LogP contribution is 2.32. The van der Waals surface area contributed by atoms with Crippen molar-refractivity contribution in [3.63, 3.8) is 0 Å². The van der Waals surface area contributed by atoms with Crippen LogP contribution in [0.25, 0.3) is 0 Å². The molecule has 3 rings (SSSR count). The van der Waals surface area contributed by atoms with Crippen LogP contribution in [-0.4, -0.2) is 40.6 Å². The van der Waals surface area contributed by atoms with Gasteiger partial charge in [-0.15, -0.1) is 0 Å². The minimum atomic E-state index is -0.262. The molecule has 2 aliphatic rings. The van der Waals surface area contributed by atoms with E-state index in [-0.39, 0.29) is 17.9 Å². The molecule has 22 heavy (non-hydrogen) atoms. The summed E-state index contributed by atoms with van der Waals surface area (Å²) in [5.74, 6) is 2.35. The molecule has 6 nitrogen and oxygen atoms in total. The van der Waals surface area contributed by atoms with E-state index < -0.39 is 0 Å². The second kappa shape index (κ2) is 6.77. The van der Waals surface area contributed by atoms with Crippen molar-refractivity contribution in [1.29, 1.82) is 0 Å². The van der Waals surface area contributed by atoms with Crippen LogP contribution in [0, 0.1) is 18.8 Å². The predicted molar refractivity (Wildman–Crippen MR) is 80.0 cm³/mol. The summed E-state index contributed by atoms with van der Waals surface area (Å²) in [7, 11) is 0. The topological polar surface area (TPSA) is 68.5 Å². The quantitative estimate of drug-likeness (QED) is 0.858. The van der Waals surface area contributed by atoms with E-state index in [2.05, 4.69) is 17.1 Å². The van der Waals surface area contributed by atoms with Crippen molar-refractivity contribution >= 4 is 5.91 Å². The van der Waals surface area contributed by atoms with Gasteiger partial charge in [0.2, 0.25) is 17.6 Å². The molecule has 1 amide bonds. The second-order valence-electron chi connectivity index (χ2n) is 6.44. The van der Waals surface area contributed by atoms with Crippen LogP contribution >= 0.6 is 0 Å². The van der Waals surface area contributed by atoms with E-state index in [9.17, 15) is 4.79 Å². The second-order valence-corrected chi connectivity index (χ2v) is 6.44. The average Bonchev–Trinajstić information content (AvgIpc) is 3.01. The summed E-state index contributed by atoms with van der Waals surface area (Å²) in [5.41, 5.74) is 0. The van der Waals surface area contributed by atoms with E-state index in [1.54, 1.807) is 6.92 Å². The molecular weight excluding hydrogens is 282 g/mol. The van der Waals surface area contributed by atoms with Gasteiger partial charge in [0.05, 0.1) is 13.2 Å². The van der Waals surface area contributed by atoms with Crippen LogP contribution < -0.4 is 0 Å².